The summed E-state index contributed by atoms with van der Waals surface area (Å²) in [4.78, 5) is 11.4. The zero-order valence-corrected chi connectivity index (χ0v) is 13.1. The van der Waals surface area contributed by atoms with Gasteiger partial charge in [0.05, 0.1) is 7.11 Å². The molecule has 3 nitrogen and oxygen atoms in total. The molecule has 0 saturated carbocycles. The highest BCUT2D eigenvalue weighted by Gasteiger charge is 2.19. The first-order chi connectivity index (χ1) is 9.49. The molecule has 2 unspecified atom stereocenters. The largest absolute Gasteiger partial charge is 0.468 e. The van der Waals surface area contributed by atoms with Gasteiger partial charge in [0.25, 0.3) is 0 Å². The number of ether oxygens (including phenoxy) is 1. The van der Waals surface area contributed by atoms with Crippen LogP contribution in [0, 0.1) is 19.8 Å². The molecule has 0 bridgehead atoms. The number of benzene rings is 1. The number of esters is 1. The van der Waals surface area contributed by atoms with Gasteiger partial charge in [-0.05, 0) is 55.7 Å². The molecule has 1 aromatic rings. The van der Waals surface area contributed by atoms with Crippen LogP contribution in [-0.4, -0.2) is 19.1 Å². The van der Waals surface area contributed by atoms with Crippen LogP contribution in [0.5, 0.6) is 0 Å². The van der Waals surface area contributed by atoms with Gasteiger partial charge in [-0.1, -0.05) is 31.5 Å². The second kappa shape index (κ2) is 8.05. The summed E-state index contributed by atoms with van der Waals surface area (Å²) in [7, 11) is 1.39. The van der Waals surface area contributed by atoms with E-state index in [1.54, 1.807) is 0 Å². The first kappa shape index (κ1) is 16.7. The van der Waals surface area contributed by atoms with Gasteiger partial charge in [0.15, 0.2) is 0 Å². The van der Waals surface area contributed by atoms with Crippen molar-refractivity contribution in [2.24, 2.45) is 11.7 Å². The number of hydrogen-bond acceptors (Lipinski definition) is 3. The lowest BCUT2D eigenvalue weighted by atomic mass is 9.89. The van der Waals surface area contributed by atoms with Crippen molar-refractivity contribution in [3.05, 3.63) is 34.9 Å². The van der Waals surface area contributed by atoms with Crippen molar-refractivity contribution in [3.63, 3.8) is 0 Å². The van der Waals surface area contributed by atoms with E-state index in [4.69, 9.17) is 10.5 Å². The summed E-state index contributed by atoms with van der Waals surface area (Å²) in [6.45, 7) is 6.46. The highest BCUT2D eigenvalue weighted by molar-refractivity contribution is 5.75. The minimum absolute atomic E-state index is 0.310. The van der Waals surface area contributed by atoms with Crippen molar-refractivity contribution in [2.45, 2.75) is 52.5 Å². The van der Waals surface area contributed by atoms with E-state index in [2.05, 4.69) is 39.0 Å². The van der Waals surface area contributed by atoms with Crippen molar-refractivity contribution < 1.29 is 9.53 Å². The van der Waals surface area contributed by atoms with Crippen LogP contribution in [0.2, 0.25) is 0 Å². The average Bonchev–Trinajstić information content (AvgIpc) is 2.44. The van der Waals surface area contributed by atoms with Gasteiger partial charge in [0.1, 0.15) is 6.04 Å². The lowest BCUT2D eigenvalue weighted by Crippen LogP contribution is -2.33. The SMILES string of the molecule is CCC(CCc1c(C)cccc1C)CC(N)C(=O)OC. The van der Waals surface area contributed by atoms with Crippen LogP contribution in [0.4, 0.5) is 0 Å². The molecule has 0 aromatic heterocycles. The third kappa shape index (κ3) is 4.64. The highest BCUT2D eigenvalue weighted by atomic mass is 16.5. The number of carbonyl (C=O) groups excluding carboxylic acids is 1. The van der Waals surface area contributed by atoms with Gasteiger partial charge in [0.2, 0.25) is 0 Å². The molecule has 2 N–H and O–H groups in total. The molecule has 0 heterocycles. The standard InChI is InChI=1S/C17H27NO2/c1-5-14(11-16(18)17(19)20-4)9-10-15-12(2)7-6-8-13(15)3/h6-8,14,16H,5,9-11,18H2,1-4H3. The van der Waals surface area contributed by atoms with E-state index < -0.39 is 6.04 Å². The fraction of sp³-hybridized carbons (Fsp3) is 0.588. The van der Waals surface area contributed by atoms with Gasteiger partial charge in [-0.2, -0.15) is 0 Å². The third-order valence-corrected chi connectivity index (χ3v) is 4.12. The predicted molar refractivity (Wildman–Crippen MR) is 82.6 cm³/mol. The van der Waals surface area contributed by atoms with Crippen LogP contribution in [0.15, 0.2) is 18.2 Å². The maximum absolute atomic E-state index is 11.4. The summed E-state index contributed by atoms with van der Waals surface area (Å²) in [6, 6.07) is 5.91. The van der Waals surface area contributed by atoms with E-state index in [1.165, 1.54) is 23.8 Å². The van der Waals surface area contributed by atoms with Crippen LogP contribution in [0.3, 0.4) is 0 Å². The second-order valence-corrected chi connectivity index (χ2v) is 5.55. The van der Waals surface area contributed by atoms with Crippen LogP contribution in [0.1, 0.15) is 42.9 Å². The van der Waals surface area contributed by atoms with E-state index in [-0.39, 0.29) is 5.97 Å². The molecule has 112 valence electrons. The summed E-state index contributed by atoms with van der Waals surface area (Å²) >= 11 is 0. The number of rotatable bonds is 7. The Bertz CT molecular complexity index is 422. The lowest BCUT2D eigenvalue weighted by Gasteiger charge is -2.19. The van der Waals surface area contributed by atoms with Gasteiger partial charge in [-0.15, -0.1) is 0 Å². The minimum Gasteiger partial charge on any atom is -0.468 e. The zero-order valence-electron chi connectivity index (χ0n) is 13.1. The number of methoxy groups -OCH3 is 1. The van der Waals surface area contributed by atoms with Crippen LogP contribution >= 0.6 is 0 Å². The Balaban J connectivity index is 2.59. The van der Waals surface area contributed by atoms with E-state index in [0.29, 0.717) is 12.3 Å². The van der Waals surface area contributed by atoms with Crippen LogP contribution < -0.4 is 5.73 Å². The first-order valence-corrected chi connectivity index (χ1v) is 7.38. The van der Waals surface area contributed by atoms with E-state index in [1.807, 2.05) is 0 Å². The van der Waals surface area contributed by atoms with E-state index >= 15 is 0 Å². The van der Waals surface area contributed by atoms with Crippen LogP contribution in [0.25, 0.3) is 0 Å². The van der Waals surface area contributed by atoms with Crippen molar-refractivity contribution in [1.29, 1.82) is 0 Å². The zero-order chi connectivity index (χ0) is 15.1. The second-order valence-electron chi connectivity index (χ2n) is 5.55. The lowest BCUT2D eigenvalue weighted by molar-refractivity contribution is -0.142. The molecular weight excluding hydrogens is 250 g/mol. The molecule has 20 heavy (non-hydrogen) atoms. The normalized spacial score (nSPS) is 13.8. The van der Waals surface area contributed by atoms with E-state index in [0.717, 1.165) is 19.3 Å². The molecule has 0 aliphatic heterocycles. The van der Waals surface area contributed by atoms with Gasteiger partial charge in [0, 0.05) is 0 Å². The quantitative estimate of drug-likeness (QED) is 0.779. The molecule has 0 aliphatic carbocycles. The Kier molecular flexibility index (Phi) is 6.73. The summed E-state index contributed by atoms with van der Waals surface area (Å²) in [5.41, 5.74) is 9.98. The molecule has 0 aliphatic rings. The summed E-state index contributed by atoms with van der Waals surface area (Å²) in [6.07, 6.45) is 3.85. The average molecular weight is 277 g/mol. The Morgan fingerprint density at radius 1 is 1.30 bits per heavy atom. The fourth-order valence-electron chi connectivity index (χ4n) is 2.69. The predicted octanol–water partition coefficient (Wildman–Crippen LogP) is 3.15. The van der Waals surface area contributed by atoms with Gasteiger partial charge >= 0.3 is 5.97 Å². The third-order valence-electron chi connectivity index (χ3n) is 4.12. The molecule has 0 fully saturated rings. The molecule has 1 rings (SSSR count). The maximum atomic E-state index is 11.4. The topological polar surface area (TPSA) is 52.3 Å². The van der Waals surface area contributed by atoms with E-state index in [9.17, 15) is 4.79 Å². The summed E-state index contributed by atoms with van der Waals surface area (Å²) in [5, 5.41) is 0. The molecule has 0 amide bonds. The van der Waals surface area contributed by atoms with Crippen LogP contribution in [-0.2, 0) is 16.0 Å². The Morgan fingerprint density at radius 2 is 1.90 bits per heavy atom. The summed E-state index contributed by atoms with van der Waals surface area (Å²) < 4.78 is 4.69. The Morgan fingerprint density at radius 3 is 2.40 bits per heavy atom. The minimum atomic E-state index is -0.497. The van der Waals surface area contributed by atoms with Crippen molar-refractivity contribution in [1.82, 2.24) is 0 Å². The highest BCUT2D eigenvalue weighted by Crippen LogP contribution is 2.22. The number of nitrogens with two attached hydrogens (primary N) is 1. The Labute approximate surface area is 122 Å². The molecule has 0 radical (unpaired) electrons. The van der Waals surface area contributed by atoms with Crippen molar-refractivity contribution in [2.75, 3.05) is 7.11 Å². The monoisotopic (exact) mass is 277 g/mol. The van der Waals surface area contributed by atoms with Crippen molar-refractivity contribution >= 4 is 5.97 Å². The molecular formula is C17H27NO2. The van der Waals surface area contributed by atoms with Gasteiger partial charge < -0.3 is 10.5 Å². The maximum Gasteiger partial charge on any atom is 0.322 e. The molecule has 2 atom stereocenters. The molecule has 0 spiro atoms. The number of hydrogen-bond donors (Lipinski definition) is 1. The molecule has 0 saturated heterocycles. The van der Waals surface area contributed by atoms with Gasteiger partial charge in [-0.3, -0.25) is 4.79 Å². The molecule has 3 heteroatoms. The molecule has 1 aromatic carbocycles. The fourth-order valence-corrected chi connectivity index (χ4v) is 2.69. The number of carbonyl (C=O) groups is 1. The van der Waals surface area contributed by atoms with Crippen molar-refractivity contribution in [3.8, 4) is 0 Å². The smallest absolute Gasteiger partial charge is 0.322 e. The van der Waals surface area contributed by atoms with Gasteiger partial charge in [-0.25, -0.2) is 0 Å². The first-order valence-electron chi connectivity index (χ1n) is 7.38. The number of aryl methyl sites for hydroxylation is 2. The summed E-state index contributed by atoms with van der Waals surface area (Å²) in [5.74, 6) is 0.152. The Hall–Kier alpha value is -1.35.